The Labute approximate surface area is 178 Å². The number of nitrogens with zero attached hydrogens (tertiary/aromatic N) is 1. The second-order valence-electron chi connectivity index (χ2n) is 7.85. The third-order valence-corrected chi connectivity index (χ3v) is 5.66. The summed E-state index contributed by atoms with van der Waals surface area (Å²) >= 11 is 0. The topological polar surface area (TPSA) is 50.8 Å². The van der Waals surface area contributed by atoms with Crippen LogP contribution in [0.4, 0.5) is 4.79 Å². The van der Waals surface area contributed by atoms with E-state index in [0.29, 0.717) is 13.1 Å². The summed E-state index contributed by atoms with van der Waals surface area (Å²) in [5.41, 5.74) is 4.67. The summed E-state index contributed by atoms with van der Waals surface area (Å²) in [7, 11) is 0. The first kappa shape index (κ1) is 20.3. The predicted octanol–water partition coefficient (Wildman–Crippen LogP) is 4.00. The van der Waals surface area contributed by atoms with Gasteiger partial charge in [-0.1, -0.05) is 36.3 Å². The van der Waals surface area contributed by atoms with E-state index in [-0.39, 0.29) is 18.7 Å². The monoisotopic (exact) mass is 404 g/mol. The molecule has 0 spiro atoms. The lowest BCUT2D eigenvalue weighted by molar-refractivity contribution is 0.0846. The smallest absolute Gasteiger partial charge is 0.318 e. The van der Waals surface area contributed by atoms with Crippen molar-refractivity contribution < 1.29 is 14.3 Å². The molecule has 1 saturated heterocycles. The number of carbonyl (C=O) groups is 1. The van der Waals surface area contributed by atoms with Gasteiger partial charge in [-0.2, -0.15) is 0 Å². The fourth-order valence-corrected chi connectivity index (χ4v) is 4.01. The molecule has 2 aromatic carbocycles. The van der Waals surface area contributed by atoms with E-state index in [1.807, 2.05) is 0 Å². The van der Waals surface area contributed by atoms with Crippen molar-refractivity contribution in [2.45, 2.75) is 38.3 Å². The van der Waals surface area contributed by atoms with Crippen molar-refractivity contribution in [1.82, 2.24) is 10.2 Å². The zero-order valence-electron chi connectivity index (χ0n) is 17.2. The highest BCUT2D eigenvalue weighted by Gasteiger charge is 2.22. The lowest BCUT2D eigenvalue weighted by Crippen LogP contribution is -2.43. The van der Waals surface area contributed by atoms with Crippen molar-refractivity contribution >= 4 is 6.03 Å². The Hall–Kier alpha value is -2.97. The van der Waals surface area contributed by atoms with Gasteiger partial charge in [0.2, 0.25) is 0 Å². The average molecular weight is 405 g/mol. The Morgan fingerprint density at radius 3 is 2.73 bits per heavy atom. The minimum atomic E-state index is -0.151. The summed E-state index contributed by atoms with van der Waals surface area (Å²) in [4.78, 5) is 14.2. The van der Waals surface area contributed by atoms with E-state index in [4.69, 9.17) is 15.9 Å². The van der Waals surface area contributed by atoms with Crippen LogP contribution < -0.4 is 10.1 Å². The predicted molar refractivity (Wildman–Crippen MR) is 117 cm³/mol. The molecule has 1 atom stereocenters. The van der Waals surface area contributed by atoms with Crippen molar-refractivity contribution in [1.29, 1.82) is 0 Å². The molecule has 2 amide bonds. The van der Waals surface area contributed by atoms with Gasteiger partial charge >= 0.3 is 6.03 Å². The van der Waals surface area contributed by atoms with Crippen LogP contribution in [0.3, 0.4) is 0 Å². The molecular formula is C25H28N2O3. The molecule has 156 valence electrons. The van der Waals surface area contributed by atoms with Crippen molar-refractivity contribution in [2.24, 2.45) is 0 Å². The van der Waals surface area contributed by atoms with Crippen LogP contribution in [0.25, 0.3) is 11.1 Å². The molecule has 2 aliphatic heterocycles. The van der Waals surface area contributed by atoms with Crippen molar-refractivity contribution in [2.75, 3.05) is 26.3 Å². The summed E-state index contributed by atoms with van der Waals surface area (Å²) < 4.78 is 11.3. The van der Waals surface area contributed by atoms with Crippen LogP contribution in [-0.4, -0.2) is 43.3 Å². The summed E-state index contributed by atoms with van der Waals surface area (Å²) in [6.07, 6.45) is 9.68. The number of terminal acetylenes is 1. The van der Waals surface area contributed by atoms with Gasteiger partial charge in [0.15, 0.2) is 0 Å². The SMILES string of the molecule is C#CCN(C[C@H]1CCCO1)C(=O)NCc1ccc(-c2ccc3c(c2)CCCO3)cc1. The number of amides is 2. The van der Waals surface area contributed by atoms with Gasteiger partial charge in [-0.05, 0) is 60.1 Å². The van der Waals surface area contributed by atoms with Gasteiger partial charge in [-0.3, -0.25) is 0 Å². The fourth-order valence-electron chi connectivity index (χ4n) is 4.01. The summed E-state index contributed by atoms with van der Waals surface area (Å²) in [5.74, 6) is 3.57. The largest absolute Gasteiger partial charge is 0.493 e. The van der Waals surface area contributed by atoms with E-state index in [2.05, 4.69) is 53.7 Å². The van der Waals surface area contributed by atoms with Gasteiger partial charge in [0.1, 0.15) is 5.75 Å². The molecule has 1 fully saturated rings. The first-order valence-electron chi connectivity index (χ1n) is 10.7. The van der Waals surface area contributed by atoms with Crippen LogP contribution in [0.1, 0.15) is 30.4 Å². The van der Waals surface area contributed by atoms with Gasteiger partial charge in [0.05, 0.1) is 19.3 Å². The number of nitrogens with one attached hydrogen (secondary N) is 1. The van der Waals surface area contributed by atoms with Gasteiger partial charge in [-0.25, -0.2) is 4.79 Å². The molecular weight excluding hydrogens is 376 g/mol. The van der Waals surface area contributed by atoms with E-state index in [1.165, 1.54) is 11.1 Å². The quantitative estimate of drug-likeness (QED) is 0.741. The van der Waals surface area contributed by atoms with Crippen LogP contribution in [0.15, 0.2) is 42.5 Å². The highest BCUT2D eigenvalue weighted by Crippen LogP contribution is 2.30. The summed E-state index contributed by atoms with van der Waals surface area (Å²) in [5, 5.41) is 2.98. The molecule has 4 rings (SSSR count). The number of hydrogen-bond donors (Lipinski definition) is 1. The zero-order chi connectivity index (χ0) is 20.8. The van der Waals surface area contributed by atoms with Gasteiger partial charge < -0.3 is 19.7 Å². The van der Waals surface area contributed by atoms with Crippen molar-refractivity contribution in [3.63, 3.8) is 0 Å². The Bertz CT molecular complexity index is 911. The molecule has 5 heteroatoms. The van der Waals surface area contributed by atoms with E-state index >= 15 is 0 Å². The van der Waals surface area contributed by atoms with E-state index in [0.717, 1.165) is 55.8 Å². The second kappa shape index (κ2) is 9.69. The van der Waals surface area contributed by atoms with Crippen LogP contribution in [0.5, 0.6) is 5.75 Å². The standard InChI is InChI=1S/C25H28N2O3/c1-2-13-27(18-23-6-4-14-29-23)25(28)26-17-19-7-9-20(10-8-19)21-11-12-24-22(16-21)5-3-15-30-24/h1,7-12,16,23H,3-6,13-15,17-18H2,(H,26,28)/t23-/m1/s1. The summed E-state index contributed by atoms with van der Waals surface area (Å²) in [6, 6.07) is 14.5. The number of aryl methyl sites for hydroxylation is 1. The number of fused-ring (bicyclic) bond motifs is 1. The van der Waals surface area contributed by atoms with Crippen LogP contribution in [-0.2, 0) is 17.7 Å². The van der Waals surface area contributed by atoms with Crippen LogP contribution in [0, 0.1) is 12.3 Å². The Morgan fingerprint density at radius 1 is 1.13 bits per heavy atom. The second-order valence-corrected chi connectivity index (χ2v) is 7.85. The van der Waals surface area contributed by atoms with Crippen LogP contribution in [0.2, 0.25) is 0 Å². The molecule has 0 saturated carbocycles. The normalized spacial score (nSPS) is 17.5. The lowest BCUT2D eigenvalue weighted by Gasteiger charge is -2.23. The Kier molecular flexibility index (Phi) is 6.56. The maximum absolute atomic E-state index is 12.6. The number of ether oxygens (including phenoxy) is 2. The van der Waals surface area contributed by atoms with Crippen molar-refractivity contribution in [3.8, 4) is 29.2 Å². The molecule has 1 N–H and O–H groups in total. The summed E-state index contributed by atoms with van der Waals surface area (Å²) in [6.45, 7) is 2.85. The zero-order valence-corrected chi connectivity index (χ0v) is 17.2. The third-order valence-electron chi connectivity index (χ3n) is 5.66. The van der Waals surface area contributed by atoms with Crippen molar-refractivity contribution in [3.05, 3.63) is 53.6 Å². The number of hydrogen-bond acceptors (Lipinski definition) is 3. The highest BCUT2D eigenvalue weighted by atomic mass is 16.5. The molecule has 0 aliphatic carbocycles. The molecule has 2 aliphatic rings. The molecule has 2 aromatic rings. The molecule has 5 nitrogen and oxygen atoms in total. The first-order valence-corrected chi connectivity index (χ1v) is 10.7. The Morgan fingerprint density at radius 2 is 1.97 bits per heavy atom. The van der Waals surface area contributed by atoms with E-state index in [9.17, 15) is 4.79 Å². The van der Waals surface area contributed by atoms with Gasteiger partial charge in [0, 0.05) is 19.7 Å². The van der Waals surface area contributed by atoms with Gasteiger partial charge in [0.25, 0.3) is 0 Å². The maximum Gasteiger partial charge on any atom is 0.318 e. The third kappa shape index (κ3) is 4.95. The first-order chi connectivity index (χ1) is 14.7. The van der Waals surface area contributed by atoms with Crippen LogP contribution >= 0.6 is 0 Å². The molecule has 0 aromatic heterocycles. The maximum atomic E-state index is 12.6. The molecule has 30 heavy (non-hydrogen) atoms. The molecule has 2 heterocycles. The molecule has 0 radical (unpaired) electrons. The average Bonchev–Trinajstić information content (AvgIpc) is 3.30. The number of carbonyl (C=O) groups excluding carboxylic acids is 1. The minimum absolute atomic E-state index is 0.0883. The lowest BCUT2D eigenvalue weighted by atomic mass is 9.98. The van der Waals surface area contributed by atoms with Gasteiger partial charge in [-0.15, -0.1) is 6.42 Å². The van der Waals surface area contributed by atoms with E-state index < -0.39 is 0 Å². The minimum Gasteiger partial charge on any atom is -0.493 e. The number of rotatable bonds is 6. The fraction of sp³-hybridized carbons (Fsp3) is 0.400. The highest BCUT2D eigenvalue weighted by molar-refractivity contribution is 5.74. The molecule has 0 bridgehead atoms. The number of urea groups is 1. The molecule has 0 unspecified atom stereocenters. The Balaban J connectivity index is 1.35. The number of benzene rings is 2. The van der Waals surface area contributed by atoms with E-state index in [1.54, 1.807) is 4.90 Å².